The second kappa shape index (κ2) is 4.31. The van der Waals surface area contributed by atoms with Crippen LogP contribution < -0.4 is 10.5 Å². The molecule has 3 heteroatoms. The summed E-state index contributed by atoms with van der Waals surface area (Å²) >= 11 is 0. The molecule has 0 aliphatic carbocycles. The highest BCUT2D eigenvalue weighted by atomic mass is 16.5. The summed E-state index contributed by atoms with van der Waals surface area (Å²) in [6, 6.07) is 6.61. The number of benzene rings is 1. The van der Waals surface area contributed by atoms with Crippen LogP contribution in [0, 0.1) is 0 Å². The van der Waals surface area contributed by atoms with Crippen molar-refractivity contribution in [3.05, 3.63) is 29.3 Å². The zero-order valence-corrected chi connectivity index (χ0v) is 11.2. The summed E-state index contributed by atoms with van der Waals surface area (Å²) in [4.78, 5) is 2.46. The quantitative estimate of drug-likeness (QED) is 0.853. The van der Waals surface area contributed by atoms with E-state index < -0.39 is 0 Å². The Labute approximate surface area is 104 Å². The topological polar surface area (TPSA) is 38.5 Å². The maximum atomic E-state index is 5.94. The summed E-state index contributed by atoms with van der Waals surface area (Å²) in [6.45, 7) is 8.33. The lowest BCUT2D eigenvalue weighted by atomic mass is 10.0. The Morgan fingerprint density at radius 2 is 2.12 bits per heavy atom. The van der Waals surface area contributed by atoms with Crippen LogP contribution in [0.4, 0.5) is 0 Å². The number of rotatable bonds is 2. The van der Waals surface area contributed by atoms with Crippen LogP contribution in [-0.2, 0) is 6.54 Å². The molecule has 0 amide bonds. The van der Waals surface area contributed by atoms with Crippen LogP contribution in [0.25, 0.3) is 0 Å². The lowest BCUT2D eigenvalue weighted by molar-refractivity contribution is 0.0948. The maximum absolute atomic E-state index is 5.94. The molecule has 1 heterocycles. The van der Waals surface area contributed by atoms with Gasteiger partial charge in [-0.3, -0.25) is 4.90 Å². The number of ether oxygens (including phenoxy) is 1. The number of hydrogen-bond donors (Lipinski definition) is 1. The van der Waals surface area contributed by atoms with E-state index in [0.717, 1.165) is 12.3 Å². The fourth-order valence-electron chi connectivity index (χ4n) is 2.57. The van der Waals surface area contributed by atoms with E-state index >= 15 is 0 Å². The lowest BCUT2D eigenvalue weighted by Gasteiger charge is -2.36. The van der Waals surface area contributed by atoms with Crippen LogP contribution in [0.5, 0.6) is 5.75 Å². The second-order valence-electron chi connectivity index (χ2n) is 5.61. The van der Waals surface area contributed by atoms with E-state index in [0.29, 0.717) is 12.6 Å². The summed E-state index contributed by atoms with van der Waals surface area (Å²) in [5.74, 6) is 0.915. The summed E-state index contributed by atoms with van der Waals surface area (Å²) in [5.41, 5.74) is 8.77. The summed E-state index contributed by atoms with van der Waals surface area (Å²) in [6.07, 6.45) is 0. The first kappa shape index (κ1) is 12.4. The van der Waals surface area contributed by atoms with E-state index in [4.69, 9.17) is 10.5 Å². The predicted octanol–water partition coefficient (Wildman–Crippen LogP) is 2.31. The molecule has 2 N–H and O–H groups in total. The van der Waals surface area contributed by atoms with Crippen LogP contribution in [-0.4, -0.2) is 24.1 Å². The van der Waals surface area contributed by atoms with Gasteiger partial charge in [0.15, 0.2) is 0 Å². The van der Waals surface area contributed by atoms with E-state index in [-0.39, 0.29) is 5.54 Å². The van der Waals surface area contributed by atoms with Gasteiger partial charge in [-0.25, -0.2) is 0 Å². The molecule has 0 saturated heterocycles. The maximum Gasteiger partial charge on any atom is 0.119 e. The minimum Gasteiger partial charge on any atom is -0.497 e. The van der Waals surface area contributed by atoms with Crippen LogP contribution in [0.3, 0.4) is 0 Å². The van der Waals surface area contributed by atoms with Gasteiger partial charge in [0.05, 0.1) is 7.11 Å². The third kappa shape index (κ3) is 2.17. The number of hydrogen-bond acceptors (Lipinski definition) is 3. The molecule has 17 heavy (non-hydrogen) atoms. The largest absolute Gasteiger partial charge is 0.497 e. The van der Waals surface area contributed by atoms with Gasteiger partial charge in [-0.05, 0) is 44.0 Å². The average Bonchev–Trinajstić information content (AvgIpc) is 2.65. The number of nitrogens with zero attached hydrogens (tertiary/aromatic N) is 1. The zero-order chi connectivity index (χ0) is 12.6. The van der Waals surface area contributed by atoms with Crippen molar-refractivity contribution in [3.63, 3.8) is 0 Å². The molecule has 1 aromatic rings. The van der Waals surface area contributed by atoms with Gasteiger partial charge in [-0.15, -0.1) is 0 Å². The molecule has 1 aliphatic heterocycles. The van der Waals surface area contributed by atoms with Gasteiger partial charge in [-0.1, -0.05) is 6.07 Å². The minimum absolute atomic E-state index is 0.135. The third-order valence-corrected chi connectivity index (χ3v) is 3.51. The van der Waals surface area contributed by atoms with E-state index in [1.807, 2.05) is 6.07 Å². The monoisotopic (exact) mass is 234 g/mol. The highest BCUT2D eigenvalue weighted by molar-refractivity contribution is 5.41. The Hall–Kier alpha value is -1.06. The van der Waals surface area contributed by atoms with E-state index in [9.17, 15) is 0 Å². The fraction of sp³-hybridized carbons (Fsp3) is 0.571. The number of nitrogens with two attached hydrogens (primary N) is 1. The van der Waals surface area contributed by atoms with Crippen molar-refractivity contribution in [1.29, 1.82) is 0 Å². The first-order valence-electron chi connectivity index (χ1n) is 6.11. The Bertz CT molecular complexity index is 409. The van der Waals surface area contributed by atoms with Crippen LogP contribution in [0.2, 0.25) is 0 Å². The van der Waals surface area contributed by atoms with Gasteiger partial charge >= 0.3 is 0 Å². The van der Waals surface area contributed by atoms with Crippen LogP contribution in [0.15, 0.2) is 18.2 Å². The lowest BCUT2D eigenvalue weighted by Crippen LogP contribution is -2.42. The molecule has 1 unspecified atom stereocenters. The number of fused-ring (bicyclic) bond motifs is 1. The van der Waals surface area contributed by atoms with Gasteiger partial charge in [0.1, 0.15) is 5.75 Å². The molecule has 0 radical (unpaired) electrons. The SMILES string of the molecule is COc1ccc2c(c1)C(CN)N(C(C)(C)C)C2. The first-order chi connectivity index (χ1) is 7.97. The predicted molar refractivity (Wildman–Crippen MR) is 70.1 cm³/mol. The van der Waals surface area contributed by atoms with Crippen LogP contribution in [0.1, 0.15) is 37.9 Å². The third-order valence-electron chi connectivity index (χ3n) is 3.51. The van der Waals surface area contributed by atoms with E-state index in [1.54, 1.807) is 7.11 Å². The van der Waals surface area contributed by atoms with E-state index in [1.165, 1.54) is 11.1 Å². The van der Waals surface area contributed by atoms with Crippen molar-refractivity contribution in [2.24, 2.45) is 5.73 Å². The van der Waals surface area contributed by atoms with Gasteiger partial charge in [-0.2, -0.15) is 0 Å². The molecular weight excluding hydrogens is 212 g/mol. The van der Waals surface area contributed by atoms with Crippen LogP contribution >= 0.6 is 0 Å². The standard InChI is InChI=1S/C14H22N2O/c1-14(2,3)16-9-10-5-6-11(17-4)7-12(10)13(16)8-15/h5-7,13H,8-9,15H2,1-4H3. The minimum atomic E-state index is 0.135. The number of methoxy groups -OCH3 is 1. The Morgan fingerprint density at radius 1 is 1.41 bits per heavy atom. The highest BCUT2D eigenvalue weighted by Crippen LogP contribution is 2.39. The normalized spacial score (nSPS) is 20.4. The van der Waals surface area contributed by atoms with Gasteiger partial charge in [0.25, 0.3) is 0 Å². The molecule has 94 valence electrons. The smallest absolute Gasteiger partial charge is 0.119 e. The molecule has 1 aromatic carbocycles. The van der Waals surface area contributed by atoms with Crippen molar-refractivity contribution in [3.8, 4) is 5.75 Å². The highest BCUT2D eigenvalue weighted by Gasteiger charge is 2.35. The van der Waals surface area contributed by atoms with Gasteiger partial charge in [0, 0.05) is 24.7 Å². The molecule has 0 fully saturated rings. The Kier molecular flexibility index (Phi) is 3.15. The summed E-state index contributed by atoms with van der Waals surface area (Å²) in [7, 11) is 1.70. The summed E-state index contributed by atoms with van der Waals surface area (Å²) in [5, 5.41) is 0. The van der Waals surface area contributed by atoms with Crippen molar-refractivity contribution in [2.75, 3.05) is 13.7 Å². The first-order valence-corrected chi connectivity index (χ1v) is 6.11. The molecule has 2 rings (SSSR count). The molecule has 3 nitrogen and oxygen atoms in total. The molecule has 1 aliphatic rings. The second-order valence-corrected chi connectivity index (χ2v) is 5.61. The van der Waals surface area contributed by atoms with Crippen molar-refractivity contribution >= 4 is 0 Å². The molecule has 1 atom stereocenters. The molecule has 0 saturated carbocycles. The van der Waals surface area contributed by atoms with Crippen molar-refractivity contribution < 1.29 is 4.74 Å². The Morgan fingerprint density at radius 3 is 2.65 bits per heavy atom. The molecule has 0 bridgehead atoms. The molecular formula is C14H22N2O. The van der Waals surface area contributed by atoms with Crippen molar-refractivity contribution in [2.45, 2.75) is 38.9 Å². The molecule has 0 aromatic heterocycles. The van der Waals surface area contributed by atoms with E-state index in [2.05, 4.69) is 37.8 Å². The zero-order valence-electron chi connectivity index (χ0n) is 11.2. The Balaban J connectivity index is 2.39. The average molecular weight is 234 g/mol. The van der Waals surface area contributed by atoms with Crippen molar-refractivity contribution in [1.82, 2.24) is 4.90 Å². The summed E-state index contributed by atoms with van der Waals surface area (Å²) < 4.78 is 5.29. The fourth-order valence-corrected chi connectivity index (χ4v) is 2.57. The molecule has 0 spiro atoms. The van der Waals surface area contributed by atoms with Gasteiger partial charge in [0.2, 0.25) is 0 Å². The van der Waals surface area contributed by atoms with Gasteiger partial charge < -0.3 is 10.5 Å².